The molecule has 1 fully saturated rings. The highest BCUT2D eigenvalue weighted by Gasteiger charge is 2.25. The van der Waals surface area contributed by atoms with Gasteiger partial charge in [-0.3, -0.25) is 9.69 Å². The third-order valence-electron chi connectivity index (χ3n) is 4.56. The van der Waals surface area contributed by atoms with Crippen molar-refractivity contribution in [2.24, 2.45) is 0 Å². The molecule has 1 aromatic carbocycles. The predicted octanol–water partition coefficient (Wildman–Crippen LogP) is 2.54. The number of hydrogen-bond donors (Lipinski definition) is 0. The Kier molecular flexibility index (Phi) is 5.75. The maximum absolute atomic E-state index is 12.8. The highest BCUT2D eigenvalue weighted by molar-refractivity contribution is 5.97. The molecule has 0 radical (unpaired) electrons. The standard InChI is InChI=1S/C19H26N2O3/c1-2-23-18-9-4-3-8-17(18)19(22)21-12-10-20(11-13-21)15-16-7-5-6-14-24-16/h3-4,6,8-9,14,16H,2,5,7,10-13,15H2,1H3/t16-/m0/s1. The first-order valence-corrected chi connectivity index (χ1v) is 8.82. The van der Waals surface area contributed by atoms with Crippen molar-refractivity contribution in [1.29, 1.82) is 0 Å². The van der Waals surface area contributed by atoms with E-state index in [4.69, 9.17) is 9.47 Å². The minimum atomic E-state index is 0.0653. The first-order valence-electron chi connectivity index (χ1n) is 8.82. The summed E-state index contributed by atoms with van der Waals surface area (Å²) < 4.78 is 11.2. The number of hydrogen-bond acceptors (Lipinski definition) is 4. The maximum Gasteiger partial charge on any atom is 0.257 e. The van der Waals surface area contributed by atoms with Crippen LogP contribution < -0.4 is 4.74 Å². The van der Waals surface area contributed by atoms with Crippen molar-refractivity contribution in [3.63, 3.8) is 0 Å². The highest BCUT2D eigenvalue weighted by atomic mass is 16.5. The van der Waals surface area contributed by atoms with Crippen LogP contribution in [0.3, 0.4) is 0 Å². The highest BCUT2D eigenvalue weighted by Crippen LogP contribution is 2.21. The average molecular weight is 330 g/mol. The fourth-order valence-electron chi connectivity index (χ4n) is 3.24. The van der Waals surface area contributed by atoms with Gasteiger partial charge in [-0.25, -0.2) is 0 Å². The molecule has 1 saturated heterocycles. The summed E-state index contributed by atoms with van der Waals surface area (Å²) in [5.41, 5.74) is 0.661. The molecule has 5 heteroatoms. The Morgan fingerprint density at radius 3 is 2.75 bits per heavy atom. The van der Waals surface area contributed by atoms with Crippen molar-refractivity contribution in [3.05, 3.63) is 42.2 Å². The smallest absolute Gasteiger partial charge is 0.257 e. The first kappa shape index (κ1) is 16.8. The summed E-state index contributed by atoms with van der Waals surface area (Å²) in [4.78, 5) is 17.1. The second-order valence-corrected chi connectivity index (χ2v) is 6.23. The molecule has 3 rings (SSSR count). The molecule has 130 valence electrons. The van der Waals surface area contributed by atoms with Crippen LogP contribution in [0.25, 0.3) is 0 Å². The summed E-state index contributed by atoms with van der Waals surface area (Å²) in [6.45, 7) is 6.74. The lowest BCUT2D eigenvalue weighted by atomic mass is 10.1. The fourth-order valence-corrected chi connectivity index (χ4v) is 3.24. The Bertz CT molecular complexity index is 580. The SMILES string of the molecule is CCOc1ccccc1C(=O)N1CCN(C[C@@H]2CCC=CO2)CC1. The topological polar surface area (TPSA) is 42.0 Å². The molecule has 1 aromatic rings. The van der Waals surface area contributed by atoms with E-state index in [9.17, 15) is 4.79 Å². The van der Waals surface area contributed by atoms with Gasteiger partial charge in [0, 0.05) is 32.7 Å². The van der Waals surface area contributed by atoms with E-state index in [2.05, 4.69) is 11.0 Å². The number of allylic oxidation sites excluding steroid dienone is 1. The zero-order chi connectivity index (χ0) is 16.8. The number of amides is 1. The van der Waals surface area contributed by atoms with Crippen molar-refractivity contribution >= 4 is 5.91 Å². The van der Waals surface area contributed by atoms with Crippen molar-refractivity contribution in [2.75, 3.05) is 39.3 Å². The third-order valence-corrected chi connectivity index (χ3v) is 4.56. The van der Waals surface area contributed by atoms with Crippen LogP contribution in [0.1, 0.15) is 30.1 Å². The van der Waals surface area contributed by atoms with Gasteiger partial charge in [0.2, 0.25) is 0 Å². The van der Waals surface area contributed by atoms with Crippen LogP contribution in [-0.4, -0.2) is 61.1 Å². The molecule has 24 heavy (non-hydrogen) atoms. The molecule has 2 heterocycles. The lowest BCUT2D eigenvalue weighted by Gasteiger charge is -2.36. The first-order chi connectivity index (χ1) is 11.8. The summed E-state index contributed by atoms with van der Waals surface area (Å²) in [5, 5.41) is 0. The van der Waals surface area contributed by atoms with Crippen LogP contribution in [-0.2, 0) is 4.74 Å². The molecule has 0 aliphatic carbocycles. The van der Waals surface area contributed by atoms with Gasteiger partial charge in [-0.15, -0.1) is 0 Å². The van der Waals surface area contributed by atoms with E-state index in [1.807, 2.05) is 42.4 Å². The molecule has 0 aromatic heterocycles. The summed E-state index contributed by atoms with van der Waals surface area (Å²) in [6.07, 6.45) is 6.35. The Hall–Kier alpha value is -2.01. The number of piperazine rings is 1. The number of nitrogens with zero attached hydrogens (tertiary/aromatic N) is 2. The monoisotopic (exact) mass is 330 g/mol. The van der Waals surface area contributed by atoms with E-state index in [1.54, 1.807) is 0 Å². The molecule has 0 saturated carbocycles. The number of para-hydroxylation sites is 1. The molecular formula is C19H26N2O3. The molecule has 0 unspecified atom stereocenters. The number of carbonyl (C=O) groups excluding carboxylic acids is 1. The van der Waals surface area contributed by atoms with E-state index in [0.717, 1.165) is 45.6 Å². The molecular weight excluding hydrogens is 304 g/mol. The largest absolute Gasteiger partial charge is 0.497 e. The fraction of sp³-hybridized carbons (Fsp3) is 0.526. The summed E-state index contributed by atoms with van der Waals surface area (Å²) in [5.74, 6) is 0.741. The minimum Gasteiger partial charge on any atom is -0.497 e. The lowest BCUT2D eigenvalue weighted by Crippen LogP contribution is -2.50. The van der Waals surface area contributed by atoms with Crippen molar-refractivity contribution < 1.29 is 14.3 Å². The predicted molar refractivity (Wildman–Crippen MR) is 93.2 cm³/mol. The van der Waals surface area contributed by atoms with Crippen LogP contribution in [0.4, 0.5) is 0 Å². The summed E-state index contributed by atoms with van der Waals surface area (Å²) in [6, 6.07) is 7.50. The van der Waals surface area contributed by atoms with E-state index in [1.165, 1.54) is 0 Å². The number of carbonyl (C=O) groups is 1. The van der Waals surface area contributed by atoms with Gasteiger partial charge in [-0.2, -0.15) is 0 Å². The molecule has 0 N–H and O–H groups in total. The second-order valence-electron chi connectivity index (χ2n) is 6.23. The van der Waals surface area contributed by atoms with Crippen LogP contribution in [0.15, 0.2) is 36.6 Å². The average Bonchev–Trinajstić information content (AvgIpc) is 2.63. The number of ether oxygens (including phenoxy) is 2. The Morgan fingerprint density at radius 2 is 2.04 bits per heavy atom. The number of benzene rings is 1. The van der Waals surface area contributed by atoms with Crippen LogP contribution in [0, 0.1) is 0 Å². The Balaban J connectivity index is 1.54. The summed E-state index contributed by atoms with van der Waals surface area (Å²) in [7, 11) is 0. The van der Waals surface area contributed by atoms with Gasteiger partial charge in [0.25, 0.3) is 5.91 Å². The van der Waals surface area contributed by atoms with Gasteiger partial charge >= 0.3 is 0 Å². The van der Waals surface area contributed by atoms with Crippen LogP contribution in [0.2, 0.25) is 0 Å². The van der Waals surface area contributed by atoms with Crippen LogP contribution >= 0.6 is 0 Å². The van der Waals surface area contributed by atoms with Gasteiger partial charge in [0.05, 0.1) is 18.4 Å². The molecule has 0 bridgehead atoms. The second kappa shape index (κ2) is 8.20. The van der Waals surface area contributed by atoms with Gasteiger partial charge in [0.1, 0.15) is 11.9 Å². The molecule has 2 aliphatic rings. The van der Waals surface area contributed by atoms with E-state index < -0.39 is 0 Å². The molecule has 5 nitrogen and oxygen atoms in total. The molecule has 2 aliphatic heterocycles. The van der Waals surface area contributed by atoms with Gasteiger partial charge in [0.15, 0.2) is 0 Å². The Labute approximate surface area is 143 Å². The van der Waals surface area contributed by atoms with Crippen molar-refractivity contribution in [2.45, 2.75) is 25.9 Å². The minimum absolute atomic E-state index is 0.0653. The van der Waals surface area contributed by atoms with E-state index in [-0.39, 0.29) is 12.0 Å². The lowest BCUT2D eigenvalue weighted by molar-refractivity contribution is 0.0442. The van der Waals surface area contributed by atoms with Gasteiger partial charge < -0.3 is 14.4 Å². The van der Waals surface area contributed by atoms with Crippen molar-refractivity contribution in [3.8, 4) is 5.75 Å². The van der Waals surface area contributed by atoms with Gasteiger partial charge in [-0.1, -0.05) is 12.1 Å². The normalized spacial score (nSPS) is 21.4. The van der Waals surface area contributed by atoms with Crippen molar-refractivity contribution in [1.82, 2.24) is 9.80 Å². The van der Waals surface area contributed by atoms with E-state index >= 15 is 0 Å². The molecule has 1 amide bonds. The molecule has 1 atom stereocenters. The summed E-state index contributed by atoms with van der Waals surface area (Å²) >= 11 is 0. The van der Waals surface area contributed by atoms with Gasteiger partial charge in [-0.05, 0) is 38.0 Å². The maximum atomic E-state index is 12.8. The zero-order valence-electron chi connectivity index (χ0n) is 14.3. The van der Waals surface area contributed by atoms with Crippen LogP contribution in [0.5, 0.6) is 5.75 Å². The Morgan fingerprint density at radius 1 is 1.25 bits per heavy atom. The van der Waals surface area contributed by atoms with E-state index in [0.29, 0.717) is 17.9 Å². The quantitative estimate of drug-likeness (QED) is 0.832. The third kappa shape index (κ3) is 4.09. The number of rotatable bonds is 5. The molecule has 0 spiro atoms. The zero-order valence-corrected chi connectivity index (χ0v) is 14.3.